The third kappa shape index (κ3) is 2.71. The van der Waals surface area contributed by atoms with Gasteiger partial charge < -0.3 is 14.6 Å². The fourth-order valence-electron chi connectivity index (χ4n) is 2.81. The minimum Gasteiger partial charge on any atom is -0.436 e. The van der Waals surface area contributed by atoms with Crippen molar-refractivity contribution in [3.05, 3.63) is 54.1 Å². The van der Waals surface area contributed by atoms with Crippen LogP contribution in [0.1, 0.15) is 10.4 Å². The minimum absolute atomic E-state index is 0.0473. The molecule has 1 aromatic heterocycles. The zero-order chi connectivity index (χ0) is 15.6. The van der Waals surface area contributed by atoms with E-state index in [9.17, 15) is 4.79 Å². The van der Waals surface area contributed by atoms with E-state index in [0.717, 1.165) is 37.3 Å². The zero-order valence-corrected chi connectivity index (χ0v) is 12.7. The monoisotopic (exact) mass is 307 g/mol. The number of hydrogen-bond donors (Lipinski definition) is 1. The van der Waals surface area contributed by atoms with Crippen molar-refractivity contribution in [3.8, 4) is 11.5 Å². The fourth-order valence-corrected chi connectivity index (χ4v) is 2.81. The Balaban J connectivity index is 1.66. The molecule has 1 aliphatic heterocycles. The van der Waals surface area contributed by atoms with E-state index in [1.54, 1.807) is 6.07 Å². The van der Waals surface area contributed by atoms with Crippen molar-refractivity contribution in [3.63, 3.8) is 0 Å². The first-order chi connectivity index (χ1) is 11.3. The van der Waals surface area contributed by atoms with Crippen molar-refractivity contribution < 1.29 is 9.21 Å². The van der Waals surface area contributed by atoms with Crippen LogP contribution in [0.3, 0.4) is 0 Å². The minimum atomic E-state index is 0.0473. The number of carbonyl (C=O) groups excluding carboxylic acids is 1. The lowest BCUT2D eigenvalue weighted by Crippen LogP contribution is -2.46. The van der Waals surface area contributed by atoms with Crippen LogP contribution in [0.25, 0.3) is 22.6 Å². The summed E-state index contributed by atoms with van der Waals surface area (Å²) in [5.41, 5.74) is 2.99. The van der Waals surface area contributed by atoms with Crippen LogP contribution in [0.5, 0.6) is 0 Å². The van der Waals surface area contributed by atoms with Gasteiger partial charge in [-0.15, -0.1) is 0 Å². The average molecular weight is 307 g/mol. The highest BCUT2D eigenvalue weighted by Gasteiger charge is 2.19. The van der Waals surface area contributed by atoms with Crippen LogP contribution in [-0.2, 0) is 0 Å². The predicted molar refractivity (Wildman–Crippen MR) is 88.2 cm³/mol. The largest absolute Gasteiger partial charge is 0.436 e. The number of benzene rings is 2. The molecule has 2 heterocycles. The molecule has 0 spiro atoms. The van der Waals surface area contributed by atoms with Gasteiger partial charge in [0, 0.05) is 37.3 Å². The zero-order valence-electron chi connectivity index (χ0n) is 12.7. The molecule has 2 aromatic carbocycles. The molecule has 3 aromatic rings. The van der Waals surface area contributed by atoms with Crippen molar-refractivity contribution in [1.29, 1.82) is 0 Å². The van der Waals surface area contributed by atoms with Gasteiger partial charge in [0.2, 0.25) is 5.89 Å². The van der Waals surface area contributed by atoms with E-state index in [0.29, 0.717) is 17.0 Å². The first-order valence-electron chi connectivity index (χ1n) is 7.77. The smallest absolute Gasteiger partial charge is 0.254 e. The highest BCUT2D eigenvalue weighted by molar-refractivity contribution is 5.97. The van der Waals surface area contributed by atoms with Crippen molar-refractivity contribution in [2.24, 2.45) is 0 Å². The van der Waals surface area contributed by atoms with E-state index in [1.165, 1.54) is 0 Å². The Morgan fingerprint density at radius 3 is 2.65 bits per heavy atom. The number of oxazole rings is 1. The summed E-state index contributed by atoms with van der Waals surface area (Å²) in [6.45, 7) is 3.16. The van der Waals surface area contributed by atoms with Gasteiger partial charge in [0.25, 0.3) is 5.91 Å². The van der Waals surface area contributed by atoms with Crippen molar-refractivity contribution >= 4 is 17.0 Å². The summed E-state index contributed by atoms with van der Waals surface area (Å²) in [4.78, 5) is 18.9. The lowest BCUT2D eigenvalue weighted by atomic mass is 10.1. The molecule has 23 heavy (non-hydrogen) atoms. The second-order valence-corrected chi connectivity index (χ2v) is 5.61. The lowest BCUT2D eigenvalue weighted by molar-refractivity contribution is 0.0736. The molecule has 0 unspecified atom stereocenters. The number of piperazine rings is 1. The van der Waals surface area contributed by atoms with Gasteiger partial charge in [0.1, 0.15) is 5.52 Å². The first-order valence-corrected chi connectivity index (χ1v) is 7.77. The van der Waals surface area contributed by atoms with Crippen LogP contribution >= 0.6 is 0 Å². The number of amides is 1. The number of aromatic nitrogens is 1. The highest BCUT2D eigenvalue weighted by Crippen LogP contribution is 2.25. The maximum absolute atomic E-state index is 12.6. The Labute approximate surface area is 133 Å². The molecule has 1 saturated heterocycles. The second-order valence-electron chi connectivity index (χ2n) is 5.61. The van der Waals surface area contributed by atoms with Crippen LogP contribution < -0.4 is 5.32 Å². The Morgan fingerprint density at radius 2 is 1.87 bits per heavy atom. The molecule has 0 bridgehead atoms. The van der Waals surface area contributed by atoms with Crippen molar-refractivity contribution in [2.75, 3.05) is 26.2 Å². The second kappa shape index (κ2) is 5.85. The number of hydrogen-bond acceptors (Lipinski definition) is 4. The van der Waals surface area contributed by atoms with Gasteiger partial charge in [-0.1, -0.05) is 18.2 Å². The van der Waals surface area contributed by atoms with Gasteiger partial charge in [-0.3, -0.25) is 4.79 Å². The topological polar surface area (TPSA) is 58.4 Å². The molecule has 116 valence electrons. The molecule has 1 fully saturated rings. The molecule has 0 saturated carbocycles. The van der Waals surface area contributed by atoms with Gasteiger partial charge in [-0.2, -0.15) is 0 Å². The van der Waals surface area contributed by atoms with Crippen LogP contribution in [0.2, 0.25) is 0 Å². The SMILES string of the molecule is O=C(c1ccc2nc(-c3ccccc3)oc2c1)N1CCNCC1. The Kier molecular flexibility index (Phi) is 3.55. The number of rotatable bonds is 2. The van der Waals surface area contributed by atoms with E-state index >= 15 is 0 Å². The van der Waals surface area contributed by atoms with Crippen molar-refractivity contribution in [1.82, 2.24) is 15.2 Å². The lowest BCUT2D eigenvalue weighted by Gasteiger charge is -2.27. The molecule has 1 N–H and O–H groups in total. The predicted octanol–water partition coefficient (Wildman–Crippen LogP) is 2.54. The Hall–Kier alpha value is -2.66. The third-order valence-corrected chi connectivity index (χ3v) is 4.06. The molecule has 4 rings (SSSR count). The van der Waals surface area contributed by atoms with Gasteiger partial charge in [-0.25, -0.2) is 4.98 Å². The fraction of sp³-hybridized carbons (Fsp3) is 0.222. The molecule has 5 heteroatoms. The molecular formula is C18H17N3O2. The molecule has 0 atom stereocenters. The Morgan fingerprint density at radius 1 is 1.09 bits per heavy atom. The Bertz CT molecular complexity index is 836. The van der Waals surface area contributed by atoms with Gasteiger partial charge in [-0.05, 0) is 30.3 Å². The maximum Gasteiger partial charge on any atom is 0.254 e. The number of nitrogens with one attached hydrogen (secondary N) is 1. The molecule has 0 radical (unpaired) electrons. The number of nitrogens with zero attached hydrogens (tertiary/aromatic N) is 2. The van der Waals surface area contributed by atoms with E-state index in [2.05, 4.69) is 10.3 Å². The van der Waals surface area contributed by atoms with E-state index in [4.69, 9.17) is 4.42 Å². The standard InChI is InChI=1S/C18H17N3O2/c22-18(21-10-8-19-9-11-21)14-6-7-15-16(12-14)23-17(20-15)13-4-2-1-3-5-13/h1-7,12,19H,8-11H2. The summed E-state index contributed by atoms with van der Waals surface area (Å²) in [6, 6.07) is 15.2. The summed E-state index contributed by atoms with van der Waals surface area (Å²) in [7, 11) is 0. The summed E-state index contributed by atoms with van der Waals surface area (Å²) < 4.78 is 5.84. The van der Waals surface area contributed by atoms with E-state index < -0.39 is 0 Å². The average Bonchev–Trinajstić information content (AvgIpc) is 3.06. The van der Waals surface area contributed by atoms with E-state index in [-0.39, 0.29) is 5.91 Å². The van der Waals surface area contributed by atoms with E-state index in [1.807, 2.05) is 47.4 Å². The van der Waals surface area contributed by atoms with Gasteiger partial charge in [0.05, 0.1) is 0 Å². The summed E-state index contributed by atoms with van der Waals surface area (Å²) >= 11 is 0. The number of carbonyl (C=O) groups is 1. The highest BCUT2D eigenvalue weighted by atomic mass is 16.3. The van der Waals surface area contributed by atoms with Crippen molar-refractivity contribution in [2.45, 2.75) is 0 Å². The number of fused-ring (bicyclic) bond motifs is 1. The normalized spacial score (nSPS) is 15.0. The van der Waals surface area contributed by atoms with Gasteiger partial charge in [0.15, 0.2) is 5.58 Å². The molecule has 5 nitrogen and oxygen atoms in total. The molecule has 1 amide bonds. The van der Waals surface area contributed by atoms with Crippen LogP contribution in [0.15, 0.2) is 52.9 Å². The summed E-state index contributed by atoms with van der Waals surface area (Å²) in [5.74, 6) is 0.624. The van der Waals surface area contributed by atoms with Crippen LogP contribution in [0, 0.1) is 0 Å². The molecule has 1 aliphatic rings. The van der Waals surface area contributed by atoms with Gasteiger partial charge >= 0.3 is 0 Å². The third-order valence-electron chi connectivity index (χ3n) is 4.06. The first kappa shape index (κ1) is 14.0. The molecular weight excluding hydrogens is 290 g/mol. The van der Waals surface area contributed by atoms with Crippen LogP contribution in [-0.4, -0.2) is 42.0 Å². The van der Waals surface area contributed by atoms with Crippen LogP contribution in [0.4, 0.5) is 0 Å². The summed E-state index contributed by atoms with van der Waals surface area (Å²) in [6.07, 6.45) is 0. The molecule has 0 aliphatic carbocycles. The maximum atomic E-state index is 12.6. The summed E-state index contributed by atoms with van der Waals surface area (Å²) in [5, 5.41) is 3.25. The quantitative estimate of drug-likeness (QED) is 0.790.